The number of carbonyl (C=O) groups excluding carboxylic acids is 1. The van der Waals surface area contributed by atoms with Crippen LogP contribution in [0.15, 0.2) is 41.9 Å². The molecule has 0 fully saturated rings. The molecule has 3 nitrogen and oxygen atoms in total. The molecule has 1 amide bonds. The van der Waals surface area contributed by atoms with Crippen molar-refractivity contribution in [3.63, 3.8) is 0 Å². The summed E-state index contributed by atoms with van der Waals surface area (Å²) < 4.78 is 11.4. The summed E-state index contributed by atoms with van der Waals surface area (Å²) in [6, 6.07) is 6.99. The molecule has 0 saturated carbocycles. The van der Waals surface area contributed by atoms with E-state index in [1.807, 2.05) is 0 Å². The summed E-state index contributed by atoms with van der Waals surface area (Å²) in [5, 5.41) is -0.420. The molecule has 0 aromatic heterocycles. The number of para-hydroxylation sites is 1. The molecular weight excluding hydrogens is 186 g/mol. The van der Waals surface area contributed by atoms with Crippen molar-refractivity contribution >= 4 is 21.7 Å². The Bertz CT molecular complexity index is 414. The fourth-order valence-corrected chi connectivity index (χ4v) is 2.37. The molecule has 0 bridgehead atoms. The number of carbonyl (C=O) groups is 1. The van der Waals surface area contributed by atoms with E-state index >= 15 is 0 Å². The third-order valence-electron chi connectivity index (χ3n) is 1.86. The molecule has 0 N–H and O–H groups in total. The highest BCUT2D eigenvalue weighted by Crippen LogP contribution is 2.32. The van der Waals surface area contributed by atoms with E-state index in [4.69, 9.17) is 0 Å². The number of rotatable bonds is 1. The lowest BCUT2D eigenvalue weighted by Crippen LogP contribution is -2.19. The molecule has 1 aromatic carbocycles. The Kier molecular flexibility index (Phi) is 1.77. The predicted molar refractivity (Wildman–Crippen MR) is 50.9 cm³/mol. The van der Waals surface area contributed by atoms with Crippen molar-refractivity contribution in [1.82, 2.24) is 0 Å². The average Bonchev–Trinajstić information content (AvgIpc) is 2.41. The van der Waals surface area contributed by atoms with E-state index in [9.17, 15) is 9.00 Å². The topological polar surface area (TPSA) is 37.4 Å². The first kappa shape index (κ1) is 8.19. The predicted octanol–water partition coefficient (Wildman–Crippen LogP) is 1.88. The van der Waals surface area contributed by atoms with E-state index in [1.54, 1.807) is 24.3 Å². The molecule has 1 aromatic rings. The lowest BCUT2D eigenvalue weighted by Gasteiger charge is -2.07. The van der Waals surface area contributed by atoms with Crippen LogP contribution in [-0.4, -0.2) is 9.45 Å². The number of hydrogen-bond donors (Lipinski definition) is 0. The van der Waals surface area contributed by atoms with E-state index in [0.717, 1.165) is 0 Å². The van der Waals surface area contributed by atoms with Crippen molar-refractivity contribution < 1.29 is 9.00 Å². The Balaban J connectivity index is 2.66. The number of fused-ring (bicyclic) bond motifs is 1. The second-order valence-corrected chi connectivity index (χ2v) is 3.88. The van der Waals surface area contributed by atoms with Crippen molar-refractivity contribution in [3.05, 3.63) is 37.0 Å². The SMILES string of the molecule is C=CN1C(=O)S(=O)c2ccccc21. The van der Waals surface area contributed by atoms with E-state index in [0.29, 0.717) is 10.6 Å². The maximum atomic E-state index is 11.4. The number of hydrogen-bond acceptors (Lipinski definition) is 2. The van der Waals surface area contributed by atoms with E-state index in [-0.39, 0.29) is 0 Å². The van der Waals surface area contributed by atoms with Gasteiger partial charge in [0.1, 0.15) is 10.8 Å². The van der Waals surface area contributed by atoms with E-state index in [1.165, 1.54) is 11.1 Å². The van der Waals surface area contributed by atoms with Crippen LogP contribution in [-0.2, 0) is 10.8 Å². The average molecular weight is 193 g/mol. The monoisotopic (exact) mass is 193 g/mol. The van der Waals surface area contributed by atoms with Crippen LogP contribution < -0.4 is 4.90 Å². The van der Waals surface area contributed by atoms with Crippen molar-refractivity contribution in [2.24, 2.45) is 0 Å². The molecule has 1 aliphatic heterocycles. The number of nitrogens with zero attached hydrogens (tertiary/aromatic N) is 1. The van der Waals surface area contributed by atoms with Crippen LogP contribution in [0.5, 0.6) is 0 Å². The maximum absolute atomic E-state index is 11.4. The van der Waals surface area contributed by atoms with E-state index in [2.05, 4.69) is 6.58 Å². The minimum Gasteiger partial charge on any atom is -0.276 e. The molecule has 0 saturated heterocycles. The molecule has 2 rings (SSSR count). The minimum atomic E-state index is -1.56. The van der Waals surface area contributed by atoms with Crippen LogP contribution in [0.25, 0.3) is 0 Å². The molecule has 0 radical (unpaired) electrons. The van der Waals surface area contributed by atoms with Gasteiger partial charge in [-0.3, -0.25) is 9.69 Å². The highest BCUT2D eigenvalue weighted by Gasteiger charge is 2.32. The van der Waals surface area contributed by atoms with Crippen molar-refractivity contribution in [2.45, 2.75) is 4.90 Å². The fraction of sp³-hybridized carbons (Fsp3) is 0. The summed E-state index contributed by atoms with van der Waals surface area (Å²) in [6.07, 6.45) is 1.38. The Hall–Kier alpha value is -1.42. The third-order valence-corrected chi connectivity index (χ3v) is 3.12. The van der Waals surface area contributed by atoms with Crippen LogP contribution in [0.2, 0.25) is 0 Å². The molecular formula is C9H7NO2S. The molecule has 66 valence electrons. The molecule has 1 aliphatic rings. The highest BCUT2D eigenvalue weighted by molar-refractivity contribution is 8.01. The molecule has 0 spiro atoms. The second kappa shape index (κ2) is 2.81. The number of benzene rings is 1. The molecule has 1 heterocycles. The van der Waals surface area contributed by atoms with Gasteiger partial charge >= 0.3 is 5.24 Å². The molecule has 13 heavy (non-hydrogen) atoms. The van der Waals surface area contributed by atoms with Crippen LogP contribution in [0.4, 0.5) is 10.5 Å². The quantitative estimate of drug-likeness (QED) is 0.682. The zero-order valence-corrected chi connectivity index (χ0v) is 7.58. The molecule has 1 unspecified atom stereocenters. The zero-order chi connectivity index (χ0) is 9.42. The van der Waals surface area contributed by atoms with Gasteiger partial charge < -0.3 is 0 Å². The van der Waals surface area contributed by atoms with Gasteiger partial charge in [0.15, 0.2) is 0 Å². The summed E-state index contributed by atoms with van der Waals surface area (Å²) in [6.45, 7) is 3.50. The lowest BCUT2D eigenvalue weighted by molar-refractivity contribution is 0.266. The van der Waals surface area contributed by atoms with Crippen molar-refractivity contribution in [2.75, 3.05) is 4.90 Å². The first-order valence-corrected chi connectivity index (χ1v) is 4.87. The first-order chi connectivity index (χ1) is 6.25. The van der Waals surface area contributed by atoms with Gasteiger partial charge in [0.2, 0.25) is 0 Å². The summed E-state index contributed by atoms with van der Waals surface area (Å²) in [4.78, 5) is 13.2. The lowest BCUT2D eigenvalue weighted by atomic mass is 10.3. The standard InChI is InChI=1S/C9H7NO2S/c1-2-10-7-5-3-4-6-8(7)13(12)9(10)11/h2-6H,1H2. The van der Waals surface area contributed by atoms with Crippen LogP contribution in [0.1, 0.15) is 0 Å². The van der Waals surface area contributed by atoms with Gasteiger partial charge in [-0.1, -0.05) is 18.7 Å². The van der Waals surface area contributed by atoms with Gasteiger partial charge in [-0.2, -0.15) is 0 Å². The summed E-state index contributed by atoms with van der Waals surface area (Å²) in [5.41, 5.74) is 0.667. The van der Waals surface area contributed by atoms with Crippen LogP contribution in [0.3, 0.4) is 0 Å². The van der Waals surface area contributed by atoms with Crippen LogP contribution in [0, 0.1) is 0 Å². The smallest absolute Gasteiger partial charge is 0.276 e. The van der Waals surface area contributed by atoms with Gasteiger partial charge in [0, 0.05) is 6.20 Å². The summed E-state index contributed by atoms with van der Waals surface area (Å²) in [7, 11) is -1.56. The molecule has 1 atom stereocenters. The minimum absolute atomic E-state index is 0.420. The van der Waals surface area contributed by atoms with Crippen molar-refractivity contribution in [1.29, 1.82) is 0 Å². The van der Waals surface area contributed by atoms with E-state index < -0.39 is 16.0 Å². The Morgan fingerprint density at radius 3 is 2.77 bits per heavy atom. The molecule has 4 heteroatoms. The first-order valence-electron chi connectivity index (χ1n) is 3.72. The summed E-state index contributed by atoms with van der Waals surface area (Å²) >= 11 is 0. The third kappa shape index (κ3) is 1.02. The maximum Gasteiger partial charge on any atom is 0.325 e. The highest BCUT2D eigenvalue weighted by atomic mass is 32.2. The normalized spacial score (nSPS) is 20.2. The molecule has 0 aliphatic carbocycles. The number of anilines is 1. The van der Waals surface area contributed by atoms with Gasteiger partial charge in [-0.05, 0) is 12.1 Å². The van der Waals surface area contributed by atoms with Crippen molar-refractivity contribution in [3.8, 4) is 0 Å². The summed E-state index contributed by atoms with van der Waals surface area (Å²) in [5.74, 6) is 0. The zero-order valence-electron chi connectivity index (χ0n) is 6.77. The second-order valence-electron chi connectivity index (χ2n) is 2.55. The van der Waals surface area contributed by atoms with Crippen LogP contribution >= 0.6 is 0 Å². The van der Waals surface area contributed by atoms with Gasteiger partial charge in [0.05, 0.1) is 10.6 Å². The Morgan fingerprint density at radius 1 is 1.38 bits per heavy atom. The number of amides is 1. The van der Waals surface area contributed by atoms with Gasteiger partial charge in [-0.25, -0.2) is 4.21 Å². The Morgan fingerprint density at radius 2 is 2.08 bits per heavy atom. The van der Waals surface area contributed by atoms with Gasteiger partial charge in [-0.15, -0.1) is 0 Å². The Labute approximate surface area is 78.1 Å². The largest absolute Gasteiger partial charge is 0.325 e. The van der Waals surface area contributed by atoms with Gasteiger partial charge in [0.25, 0.3) is 0 Å². The fourth-order valence-electron chi connectivity index (χ4n) is 1.27.